The van der Waals surface area contributed by atoms with Crippen LogP contribution >= 0.6 is 0 Å². The molecule has 142 valence electrons. The van der Waals surface area contributed by atoms with Crippen LogP contribution in [0, 0.1) is 5.82 Å². The first kappa shape index (κ1) is 17.4. The van der Waals surface area contributed by atoms with Crippen LogP contribution in [0.1, 0.15) is 42.5 Å². The van der Waals surface area contributed by atoms with Crippen molar-refractivity contribution in [3.8, 4) is 17.4 Å². The van der Waals surface area contributed by atoms with Crippen molar-refractivity contribution in [2.24, 2.45) is 0 Å². The molecule has 0 spiro atoms. The van der Waals surface area contributed by atoms with Gasteiger partial charge in [0.2, 0.25) is 11.8 Å². The number of aromatic hydroxyl groups is 2. The predicted molar refractivity (Wildman–Crippen MR) is 93.7 cm³/mol. The molecule has 0 bridgehead atoms. The van der Waals surface area contributed by atoms with Gasteiger partial charge in [-0.15, -0.1) is 0 Å². The first-order chi connectivity index (χ1) is 12.9. The van der Waals surface area contributed by atoms with Gasteiger partial charge in [0, 0.05) is 22.6 Å². The second kappa shape index (κ2) is 6.29. The van der Waals surface area contributed by atoms with Crippen LogP contribution in [0.5, 0.6) is 11.8 Å². The number of nitrogens with zero attached hydrogens (tertiary/aromatic N) is 2. The molecule has 4 rings (SSSR count). The number of methoxy groups -OCH3 is 1. The van der Waals surface area contributed by atoms with Crippen LogP contribution in [0.2, 0.25) is 0 Å². The lowest BCUT2D eigenvalue weighted by Gasteiger charge is -2.10. The fourth-order valence-electron chi connectivity index (χ4n) is 3.74. The number of halogens is 1. The molecule has 1 aliphatic rings. The molecule has 0 saturated heterocycles. The minimum atomic E-state index is -0.713. The van der Waals surface area contributed by atoms with Crippen molar-refractivity contribution >= 4 is 16.9 Å². The van der Waals surface area contributed by atoms with E-state index < -0.39 is 17.7 Å². The maximum Gasteiger partial charge on any atom is 0.314 e. The third-order valence-electron chi connectivity index (χ3n) is 5.20. The van der Waals surface area contributed by atoms with Gasteiger partial charge in [0.15, 0.2) is 11.4 Å². The van der Waals surface area contributed by atoms with E-state index in [-0.39, 0.29) is 23.0 Å². The second-order valence-corrected chi connectivity index (χ2v) is 6.76. The van der Waals surface area contributed by atoms with E-state index >= 15 is 0 Å². The molecule has 1 atom stereocenters. The normalized spacial score (nSPS) is 14.9. The Hall–Kier alpha value is -3.03. The molecule has 1 unspecified atom stereocenters. The lowest BCUT2D eigenvalue weighted by atomic mass is 9.95. The van der Waals surface area contributed by atoms with Gasteiger partial charge in [0.05, 0.1) is 12.8 Å². The van der Waals surface area contributed by atoms with Gasteiger partial charge in [-0.2, -0.15) is 0 Å². The molecule has 0 fully saturated rings. The summed E-state index contributed by atoms with van der Waals surface area (Å²) in [6.45, 7) is 1.61. The van der Waals surface area contributed by atoms with E-state index in [0.29, 0.717) is 35.0 Å². The molecule has 7 nitrogen and oxygen atoms in total. The monoisotopic (exact) mass is 374 g/mol. The maximum atomic E-state index is 14.7. The number of aromatic nitrogens is 2. The molecule has 8 heteroatoms. The standard InChI is InChI=1S/C19H19FN2O5/c1-9(19(25)26-2)16-12-7-14(13(20)8-15(12)27-21-16)22-17(23)10-5-3-4-6-11(10)18(22)24/h7-9,23-24H,3-6H2,1-2H3. The lowest BCUT2D eigenvalue weighted by molar-refractivity contribution is -0.142. The molecule has 2 heterocycles. The number of hydrogen-bond acceptors (Lipinski definition) is 6. The Morgan fingerprint density at radius 3 is 2.48 bits per heavy atom. The number of carbonyl (C=O) groups is 1. The summed E-state index contributed by atoms with van der Waals surface area (Å²) in [6.07, 6.45) is 3.06. The Morgan fingerprint density at radius 2 is 1.89 bits per heavy atom. The highest BCUT2D eigenvalue weighted by molar-refractivity contribution is 5.88. The Kier molecular flexibility index (Phi) is 4.05. The molecule has 0 aliphatic heterocycles. The summed E-state index contributed by atoms with van der Waals surface area (Å²) in [4.78, 5) is 11.9. The Balaban J connectivity index is 1.92. The zero-order valence-electron chi connectivity index (χ0n) is 15.0. The minimum absolute atomic E-state index is 0.0339. The van der Waals surface area contributed by atoms with Crippen molar-refractivity contribution in [3.63, 3.8) is 0 Å². The van der Waals surface area contributed by atoms with E-state index in [0.717, 1.165) is 23.5 Å². The summed E-state index contributed by atoms with van der Waals surface area (Å²) < 4.78 is 25.7. The summed E-state index contributed by atoms with van der Waals surface area (Å²) in [7, 11) is 1.27. The Labute approximate surface area is 153 Å². The van der Waals surface area contributed by atoms with E-state index in [1.54, 1.807) is 6.92 Å². The van der Waals surface area contributed by atoms with Gasteiger partial charge in [0.1, 0.15) is 11.6 Å². The summed E-state index contributed by atoms with van der Waals surface area (Å²) in [5.41, 5.74) is 1.72. The fourth-order valence-corrected chi connectivity index (χ4v) is 3.74. The largest absolute Gasteiger partial charge is 0.494 e. The van der Waals surface area contributed by atoms with Crippen LogP contribution in [-0.4, -0.2) is 33.0 Å². The van der Waals surface area contributed by atoms with E-state index in [9.17, 15) is 19.4 Å². The number of benzene rings is 1. The third kappa shape index (κ3) is 2.55. The van der Waals surface area contributed by atoms with Crippen LogP contribution in [-0.2, 0) is 22.4 Å². The van der Waals surface area contributed by atoms with Crippen molar-refractivity contribution in [2.45, 2.75) is 38.5 Å². The van der Waals surface area contributed by atoms with Gasteiger partial charge in [-0.25, -0.2) is 8.96 Å². The average Bonchev–Trinajstić information content (AvgIpc) is 3.19. The first-order valence-corrected chi connectivity index (χ1v) is 8.75. The fraction of sp³-hybridized carbons (Fsp3) is 0.368. The van der Waals surface area contributed by atoms with Crippen molar-refractivity contribution in [3.05, 3.63) is 34.8 Å². The SMILES string of the molecule is COC(=O)C(C)c1noc2cc(F)c(-n3c(O)c4c(c3O)CCCC4)cc12. The molecule has 2 aromatic heterocycles. The van der Waals surface area contributed by atoms with E-state index in [1.807, 2.05) is 0 Å². The number of rotatable bonds is 3. The molecule has 0 amide bonds. The summed E-state index contributed by atoms with van der Waals surface area (Å²) in [5, 5.41) is 25.5. The summed E-state index contributed by atoms with van der Waals surface area (Å²) >= 11 is 0. The highest BCUT2D eigenvalue weighted by Crippen LogP contribution is 2.42. The molecular weight excluding hydrogens is 355 g/mol. The van der Waals surface area contributed by atoms with Gasteiger partial charge in [-0.1, -0.05) is 5.16 Å². The Morgan fingerprint density at radius 1 is 1.26 bits per heavy atom. The van der Waals surface area contributed by atoms with E-state index in [1.165, 1.54) is 13.2 Å². The molecule has 0 radical (unpaired) electrons. The molecule has 27 heavy (non-hydrogen) atoms. The quantitative estimate of drug-likeness (QED) is 0.683. The number of carbonyl (C=O) groups excluding carboxylic acids is 1. The minimum Gasteiger partial charge on any atom is -0.494 e. The number of ether oxygens (including phenoxy) is 1. The van der Waals surface area contributed by atoms with Gasteiger partial charge in [-0.05, 0) is 38.7 Å². The van der Waals surface area contributed by atoms with Gasteiger partial charge in [-0.3, -0.25) is 4.79 Å². The van der Waals surface area contributed by atoms with Crippen LogP contribution in [0.25, 0.3) is 16.7 Å². The molecule has 2 N–H and O–H groups in total. The predicted octanol–water partition coefficient (Wildman–Crippen LogP) is 3.32. The second-order valence-electron chi connectivity index (χ2n) is 6.76. The van der Waals surface area contributed by atoms with Gasteiger partial charge >= 0.3 is 5.97 Å². The van der Waals surface area contributed by atoms with Crippen molar-refractivity contribution in [2.75, 3.05) is 7.11 Å². The van der Waals surface area contributed by atoms with Crippen LogP contribution < -0.4 is 0 Å². The number of fused-ring (bicyclic) bond motifs is 2. The highest BCUT2D eigenvalue weighted by Gasteiger charge is 2.28. The zero-order chi connectivity index (χ0) is 19.3. The van der Waals surface area contributed by atoms with Gasteiger partial charge in [0.25, 0.3) is 0 Å². The van der Waals surface area contributed by atoms with Crippen molar-refractivity contribution in [1.29, 1.82) is 0 Å². The summed E-state index contributed by atoms with van der Waals surface area (Å²) in [5.74, 6) is -2.24. The smallest absolute Gasteiger partial charge is 0.314 e. The lowest BCUT2D eigenvalue weighted by Crippen LogP contribution is -2.11. The van der Waals surface area contributed by atoms with Crippen molar-refractivity contribution in [1.82, 2.24) is 9.72 Å². The van der Waals surface area contributed by atoms with Crippen LogP contribution in [0.3, 0.4) is 0 Å². The van der Waals surface area contributed by atoms with Crippen LogP contribution in [0.4, 0.5) is 4.39 Å². The van der Waals surface area contributed by atoms with Gasteiger partial charge < -0.3 is 19.5 Å². The molecular formula is C19H19FN2O5. The van der Waals surface area contributed by atoms with Crippen molar-refractivity contribution < 1.29 is 28.7 Å². The first-order valence-electron chi connectivity index (χ1n) is 8.75. The number of hydrogen-bond donors (Lipinski definition) is 2. The Bertz CT molecular complexity index is 1020. The number of esters is 1. The summed E-state index contributed by atoms with van der Waals surface area (Å²) in [6, 6.07) is 2.55. The molecule has 1 aromatic carbocycles. The molecule has 0 saturated carbocycles. The topological polar surface area (TPSA) is 97.7 Å². The third-order valence-corrected chi connectivity index (χ3v) is 5.20. The average molecular weight is 374 g/mol. The maximum absolute atomic E-state index is 14.7. The molecule has 3 aromatic rings. The van der Waals surface area contributed by atoms with Crippen LogP contribution in [0.15, 0.2) is 16.7 Å². The van der Waals surface area contributed by atoms with E-state index in [4.69, 9.17) is 9.26 Å². The molecule has 1 aliphatic carbocycles. The zero-order valence-corrected chi connectivity index (χ0v) is 15.0. The van der Waals surface area contributed by atoms with E-state index in [2.05, 4.69) is 5.16 Å². The highest BCUT2D eigenvalue weighted by atomic mass is 19.1.